The molecule has 0 radical (unpaired) electrons. The second-order valence-electron chi connectivity index (χ2n) is 6.82. The molecular formula is C22H27N3O4. The van der Waals surface area contributed by atoms with E-state index < -0.39 is 5.91 Å². The molecule has 0 saturated heterocycles. The Morgan fingerprint density at radius 3 is 2.38 bits per heavy atom. The van der Waals surface area contributed by atoms with E-state index in [1.165, 1.54) is 14.2 Å². The first-order valence-corrected chi connectivity index (χ1v) is 9.30. The molecule has 0 atom stereocenters. The zero-order chi connectivity index (χ0) is 21.4. The molecule has 154 valence electrons. The number of anilines is 1. The zero-order valence-electron chi connectivity index (χ0n) is 17.4. The van der Waals surface area contributed by atoms with Crippen molar-refractivity contribution < 1.29 is 19.1 Å². The summed E-state index contributed by atoms with van der Waals surface area (Å²) in [5, 5.41) is 6.93. The minimum Gasteiger partial charge on any atom is -0.493 e. The maximum Gasteiger partial charge on any atom is 0.271 e. The van der Waals surface area contributed by atoms with Crippen LogP contribution in [0.3, 0.4) is 0 Å². The molecule has 2 N–H and O–H groups in total. The summed E-state index contributed by atoms with van der Waals surface area (Å²) in [7, 11) is 3.02. The van der Waals surface area contributed by atoms with Gasteiger partial charge in [0.2, 0.25) is 5.91 Å². The molecule has 0 aliphatic rings. The minimum atomic E-state index is -0.407. The van der Waals surface area contributed by atoms with Crippen LogP contribution in [0.2, 0.25) is 0 Å². The second kappa shape index (κ2) is 10.3. The molecule has 2 aromatic carbocycles. The zero-order valence-corrected chi connectivity index (χ0v) is 17.4. The van der Waals surface area contributed by atoms with Crippen LogP contribution < -0.4 is 20.2 Å². The average Bonchev–Trinajstić information content (AvgIpc) is 2.71. The molecule has 0 aliphatic heterocycles. The molecule has 0 spiro atoms. The van der Waals surface area contributed by atoms with Gasteiger partial charge in [0, 0.05) is 17.0 Å². The first-order chi connectivity index (χ1) is 13.8. The van der Waals surface area contributed by atoms with Crippen LogP contribution in [-0.2, 0) is 4.79 Å². The van der Waals surface area contributed by atoms with Crippen molar-refractivity contribution in [3.05, 3.63) is 53.6 Å². The van der Waals surface area contributed by atoms with Crippen LogP contribution in [0, 0.1) is 0 Å². The van der Waals surface area contributed by atoms with Gasteiger partial charge in [0.05, 0.1) is 20.6 Å². The summed E-state index contributed by atoms with van der Waals surface area (Å²) < 4.78 is 10.4. The van der Waals surface area contributed by atoms with Gasteiger partial charge in [-0.1, -0.05) is 32.0 Å². The van der Waals surface area contributed by atoms with Gasteiger partial charge in [-0.3, -0.25) is 9.59 Å². The number of hydrogen-bond donors (Lipinski definition) is 2. The lowest BCUT2D eigenvalue weighted by Gasteiger charge is -2.13. The van der Waals surface area contributed by atoms with Crippen molar-refractivity contribution in [3.63, 3.8) is 0 Å². The second-order valence-corrected chi connectivity index (χ2v) is 6.82. The Labute approximate surface area is 171 Å². The van der Waals surface area contributed by atoms with E-state index in [1.807, 2.05) is 24.3 Å². The number of carbonyl (C=O) groups is 2. The monoisotopic (exact) mass is 397 g/mol. The highest BCUT2D eigenvalue weighted by atomic mass is 16.5. The number of amides is 2. The normalized spacial score (nSPS) is 11.2. The van der Waals surface area contributed by atoms with Crippen LogP contribution in [0.5, 0.6) is 11.5 Å². The van der Waals surface area contributed by atoms with E-state index in [2.05, 4.69) is 29.7 Å². The predicted octanol–water partition coefficient (Wildman–Crippen LogP) is 3.96. The van der Waals surface area contributed by atoms with E-state index in [1.54, 1.807) is 25.1 Å². The van der Waals surface area contributed by atoms with Crippen LogP contribution >= 0.6 is 0 Å². The summed E-state index contributed by atoms with van der Waals surface area (Å²) in [6.45, 7) is 5.83. The first kappa shape index (κ1) is 21.9. The van der Waals surface area contributed by atoms with Gasteiger partial charge in [0.1, 0.15) is 0 Å². The van der Waals surface area contributed by atoms with Crippen molar-refractivity contribution in [2.24, 2.45) is 5.10 Å². The summed E-state index contributed by atoms with van der Waals surface area (Å²) in [6, 6.07) is 12.5. The van der Waals surface area contributed by atoms with Gasteiger partial charge in [-0.2, -0.15) is 5.10 Å². The fourth-order valence-electron chi connectivity index (χ4n) is 2.77. The number of hydrogen-bond acceptors (Lipinski definition) is 5. The van der Waals surface area contributed by atoms with Gasteiger partial charge < -0.3 is 14.8 Å². The van der Waals surface area contributed by atoms with Crippen molar-refractivity contribution in [3.8, 4) is 11.5 Å². The maximum absolute atomic E-state index is 12.3. The van der Waals surface area contributed by atoms with E-state index in [-0.39, 0.29) is 12.3 Å². The summed E-state index contributed by atoms with van der Waals surface area (Å²) in [6.07, 6.45) is 0.0681. The molecule has 0 aliphatic carbocycles. The lowest BCUT2D eigenvalue weighted by molar-refractivity contribution is -0.115. The number of ether oxygens (including phenoxy) is 2. The van der Waals surface area contributed by atoms with Crippen molar-refractivity contribution in [1.82, 2.24) is 5.43 Å². The molecule has 0 fully saturated rings. The Balaban J connectivity index is 1.98. The highest BCUT2D eigenvalue weighted by Crippen LogP contribution is 2.27. The van der Waals surface area contributed by atoms with Gasteiger partial charge in [-0.25, -0.2) is 5.43 Å². The SMILES string of the molecule is COc1ccc(C(=O)N/N=C(\C)CC(=O)Nc2ccccc2C(C)C)cc1OC. The molecule has 0 aromatic heterocycles. The fraction of sp³-hybridized carbons (Fsp3) is 0.318. The van der Waals surface area contributed by atoms with Gasteiger partial charge in [-0.05, 0) is 42.7 Å². The third-order valence-electron chi connectivity index (χ3n) is 4.27. The van der Waals surface area contributed by atoms with E-state index in [0.717, 1.165) is 11.3 Å². The number of benzene rings is 2. The van der Waals surface area contributed by atoms with Gasteiger partial charge in [0.25, 0.3) is 5.91 Å². The average molecular weight is 397 g/mol. The number of hydrazone groups is 1. The van der Waals surface area contributed by atoms with Crippen molar-refractivity contribution in [1.29, 1.82) is 0 Å². The van der Waals surface area contributed by atoms with E-state index in [4.69, 9.17) is 9.47 Å². The van der Waals surface area contributed by atoms with E-state index in [0.29, 0.717) is 28.7 Å². The molecular weight excluding hydrogens is 370 g/mol. The lowest BCUT2D eigenvalue weighted by Crippen LogP contribution is -2.22. The molecule has 2 amide bonds. The molecule has 7 heteroatoms. The highest BCUT2D eigenvalue weighted by molar-refractivity contribution is 6.06. The van der Waals surface area contributed by atoms with Crippen LogP contribution in [-0.4, -0.2) is 31.7 Å². The summed E-state index contributed by atoms with van der Waals surface area (Å²) in [5.41, 5.74) is 5.17. The summed E-state index contributed by atoms with van der Waals surface area (Å²) >= 11 is 0. The standard InChI is InChI=1S/C22H27N3O4/c1-14(2)17-8-6-7-9-18(17)23-21(26)12-15(3)24-25-22(27)16-10-11-19(28-4)20(13-16)29-5/h6-11,13-14H,12H2,1-5H3,(H,23,26)(H,25,27)/b24-15+. The number of rotatable bonds is 8. The molecule has 0 heterocycles. The van der Waals surface area contributed by atoms with Crippen LogP contribution in [0.15, 0.2) is 47.6 Å². The summed E-state index contributed by atoms with van der Waals surface area (Å²) in [5.74, 6) is 0.670. The highest BCUT2D eigenvalue weighted by Gasteiger charge is 2.12. The number of methoxy groups -OCH3 is 2. The maximum atomic E-state index is 12.3. The molecule has 0 saturated carbocycles. The van der Waals surface area contributed by atoms with Crippen LogP contribution in [0.25, 0.3) is 0 Å². The van der Waals surface area contributed by atoms with Crippen LogP contribution in [0.4, 0.5) is 5.69 Å². The number of carbonyl (C=O) groups excluding carboxylic acids is 2. The fourth-order valence-corrected chi connectivity index (χ4v) is 2.77. The lowest BCUT2D eigenvalue weighted by atomic mass is 10.0. The number of para-hydroxylation sites is 1. The number of nitrogens with zero attached hydrogens (tertiary/aromatic N) is 1. The predicted molar refractivity (Wildman–Crippen MR) is 114 cm³/mol. The smallest absolute Gasteiger partial charge is 0.271 e. The largest absolute Gasteiger partial charge is 0.493 e. The summed E-state index contributed by atoms with van der Waals surface area (Å²) in [4.78, 5) is 24.6. The van der Waals surface area contributed by atoms with E-state index >= 15 is 0 Å². The quantitative estimate of drug-likeness (QED) is 0.521. The molecule has 0 unspecified atom stereocenters. The van der Waals surface area contributed by atoms with Gasteiger partial charge >= 0.3 is 0 Å². The van der Waals surface area contributed by atoms with Crippen molar-refractivity contribution >= 4 is 23.2 Å². The Morgan fingerprint density at radius 1 is 1.03 bits per heavy atom. The molecule has 2 aromatic rings. The van der Waals surface area contributed by atoms with Crippen molar-refractivity contribution in [2.75, 3.05) is 19.5 Å². The Morgan fingerprint density at radius 2 is 1.72 bits per heavy atom. The molecule has 7 nitrogen and oxygen atoms in total. The Kier molecular flexibility index (Phi) is 7.77. The molecule has 2 rings (SSSR count). The van der Waals surface area contributed by atoms with Crippen LogP contribution in [0.1, 0.15) is 49.0 Å². The van der Waals surface area contributed by atoms with Gasteiger partial charge in [0.15, 0.2) is 11.5 Å². The first-order valence-electron chi connectivity index (χ1n) is 9.30. The molecule has 29 heavy (non-hydrogen) atoms. The molecule has 0 bridgehead atoms. The topological polar surface area (TPSA) is 89.0 Å². The van der Waals surface area contributed by atoms with Gasteiger partial charge in [-0.15, -0.1) is 0 Å². The number of nitrogens with one attached hydrogen (secondary N) is 2. The van der Waals surface area contributed by atoms with E-state index in [9.17, 15) is 9.59 Å². The third kappa shape index (κ3) is 6.07. The van der Waals surface area contributed by atoms with Crippen molar-refractivity contribution in [2.45, 2.75) is 33.1 Å². The Hall–Kier alpha value is -3.35. The minimum absolute atomic E-state index is 0.0681. The third-order valence-corrected chi connectivity index (χ3v) is 4.27. The Bertz CT molecular complexity index is 907.